The smallest absolute Gasteiger partial charge is 0.0501 e. The molecule has 3 heteroatoms. The molecule has 0 saturated carbocycles. The zero-order valence-electron chi connectivity index (χ0n) is 10.1. The maximum atomic E-state index is 6.22. The Balaban J connectivity index is 2.08. The van der Waals surface area contributed by atoms with Crippen LogP contribution >= 0.6 is 11.6 Å². The Bertz CT molecular complexity index is 390. The van der Waals surface area contributed by atoms with E-state index in [9.17, 15) is 0 Å². The molecule has 0 unspecified atom stereocenters. The number of hydrogen-bond acceptors (Lipinski definition) is 2. The molecule has 92 valence electrons. The second-order valence-corrected chi connectivity index (χ2v) is 4.85. The number of halogens is 1. The van der Waals surface area contributed by atoms with Crippen molar-refractivity contribution in [2.24, 2.45) is 0 Å². The highest BCUT2D eigenvalue weighted by molar-refractivity contribution is 6.32. The van der Waals surface area contributed by atoms with Gasteiger partial charge in [0.15, 0.2) is 0 Å². The van der Waals surface area contributed by atoms with E-state index in [1.165, 1.54) is 0 Å². The van der Waals surface area contributed by atoms with E-state index in [0.29, 0.717) is 6.04 Å². The van der Waals surface area contributed by atoms with Crippen LogP contribution in [0.3, 0.4) is 0 Å². The second kappa shape index (κ2) is 5.56. The molecular formula is C14H18ClNO. The molecule has 1 aromatic carbocycles. The first-order chi connectivity index (χ1) is 8.18. The van der Waals surface area contributed by atoms with Gasteiger partial charge >= 0.3 is 0 Å². The van der Waals surface area contributed by atoms with Gasteiger partial charge in [-0.2, -0.15) is 0 Å². The van der Waals surface area contributed by atoms with Gasteiger partial charge in [-0.05, 0) is 31.4 Å². The fourth-order valence-electron chi connectivity index (χ4n) is 2.17. The highest BCUT2D eigenvalue weighted by atomic mass is 35.5. The van der Waals surface area contributed by atoms with Crippen molar-refractivity contribution in [1.82, 2.24) is 5.32 Å². The zero-order valence-corrected chi connectivity index (χ0v) is 10.9. The van der Waals surface area contributed by atoms with Gasteiger partial charge in [0, 0.05) is 30.5 Å². The van der Waals surface area contributed by atoms with E-state index in [0.717, 1.165) is 47.9 Å². The van der Waals surface area contributed by atoms with E-state index in [2.05, 4.69) is 24.9 Å². The van der Waals surface area contributed by atoms with Crippen molar-refractivity contribution in [2.45, 2.75) is 25.8 Å². The molecule has 2 nitrogen and oxygen atoms in total. The minimum Gasteiger partial charge on any atom is -0.382 e. The van der Waals surface area contributed by atoms with Crippen LogP contribution in [-0.2, 0) is 4.74 Å². The summed E-state index contributed by atoms with van der Waals surface area (Å²) in [7, 11) is 0. The molecule has 0 spiro atoms. The van der Waals surface area contributed by atoms with Crippen LogP contribution in [-0.4, -0.2) is 19.3 Å². The van der Waals surface area contributed by atoms with Gasteiger partial charge in [0.2, 0.25) is 0 Å². The monoisotopic (exact) mass is 251 g/mol. The molecule has 0 radical (unpaired) electrons. The summed E-state index contributed by atoms with van der Waals surface area (Å²) in [5.74, 6) is 0. The standard InChI is InChI=1S/C14H18ClNO/c1-10-4-3-5-13(15)14(10)11(2)16-12-6-8-17-9-7-12/h3-5,12,16H,2,6-9H2,1H3. The molecular weight excluding hydrogens is 234 g/mol. The van der Waals surface area contributed by atoms with E-state index < -0.39 is 0 Å². The molecule has 2 rings (SSSR count). The molecule has 1 aliphatic rings. The molecule has 1 aromatic rings. The van der Waals surface area contributed by atoms with E-state index in [-0.39, 0.29) is 0 Å². The molecule has 0 aliphatic carbocycles. The average molecular weight is 252 g/mol. The number of rotatable bonds is 3. The van der Waals surface area contributed by atoms with Crippen LogP contribution in [0.4, 0.5) is 0 Å². The molecule has 17 heavy (non-hydrogen) atoms. The molecule has 0 bridgehead atoms. The number of benzene rings is 1. The maximum Gasteiger partial charge on any atom is 0.0501 e. The van der Waals surface area contributed by atoms with Crippen LogP contribution < -0.4 is 5.32 Å². The molecule has 1 N–H and O–H groups in total. The van der Waals surface area contributed by atoms with E-state index in [1.807, 2.05) is 12.1 Å². The largest absolute Gasteiger partial charge is 0.382 e. The predicted octanol–water partition coefficient (Wildman–Crippen LogP) is 3.39. The van der Waals surface area contributed by atoms with Gasteiger partial charge in [-0.25, -0.2) is 0 Å². The third kappa shape index (κ3) is 3.02. The SMILES string of the molecule is C=C(NC1CCOCC1)c1c(C)cccc1Cl. The number of aryl methyl sites for hydroxylation is 1. The summed E-state index contributed by atoms with van der Waals surface area (Å²) in [4.78, 5) is 0. The lowest BCUT2D eigenvalue weighted by atomic mass is 10.0. The van der Waals surface area contributed by atoms with Crippen LogP contribution in [0.5, 0.6) is 0 Å². The summed E-state index contributed by atoms with van der Waals surface area (Å²) < 4.78 is 5.34. The summed E-state index contributed by atoms with van der Waals surface area (Å²) in [6.07, 6.45) is 2.06. The first-order valence-corrected chi connectivity index (χ1v) is 6.35. The van der Waals surface area contributed by atoms with Gasteiger partial charge in [0.05, 0.1) is 5.02 Å². The van der Waals surface area contributed by atoms with Crippen LogP contribution in [0, 0.1) is 6.92 Å². The van der Waals surface area contributed by atoms with E-state index >= 15 is 0 Å². The lowest BCUT2D eigenvalue weighted by Crippen LogP contribution is -2.33. The van der Waals surface area contributed by atoms with Gasteiger partial charge in [-0.15, -0.1) is 0 Å². The topological polar surface area (TPSA) is 21.3 Å². The minimum absolute atomic E-state index is 0.451. The van der Waals surface area contributed by atoms with Crippen molar-refractivity contribution in [2.75, 3.05) is 13.2 Å². The third-order valence-electron chi connectivity index (χ3n) is 3.12. The van der Waals surface area contributed by atoms with Crippen LogP contribution in [0.1, 0.15) is 24.0 Å². The van der Waals surface area contributed by atoms with Gasteiger partial charge in [-0.3, -0.25) is 0 Å². The molecule has 0 atom stereocenters. The number of hydrogen-bond donors (Lipinski definition) is 1. The third-order valence-corrected chi connectivity index (χ3v) is 3.44. The van der Waals surface area contributed by atoms with Crippen molar-refractivity contribution < 1.29 is 4.74 Å². The fourth-order valence-corrected chi connectivity index (χ4v) is 2.51. The number of nitrogens with one attached hydrogen (secondary N) is 1. The van der Waals surface area contributed by atoms with E-state index in [4.69, 9.17) is 16.3 Å². The fraction of sp³-hybridized carbons (Fsp3) is 0.429. The first-order valence-electron chi connectivity index (χ1n) is 5.97. The van der Waals surface area contributed by atoms with Gasteiger partial charge < -0.3 is 10.1 Å². The zero-order chi connectivity index (χ0) is 12.3. The number of ether oxygens (including phenoxy) is 1. The summed E-state index contributed by atoms with van der Waals surface area (Å²) in [6.45, 7) is 7.81. The predicted molar refractivity (Wildman–Crippen MR) is 72.2 cm³/mol. The molecule has 1 aliphatic heterocycles. The highest BCUT2D eigenvalue weighted by Crippen LogP contribution is 2.25. The van der Waals surface area contributed by atoms with Crippen molar-refractivity contribution in [3.63, 3.8) is 0 Å². The van der Waals surface area contributed by atoms with Crippen molar-refractivity contribution in [3.05, 3.63) is 40.9 Å². The molecule has 1 fully saturated rings. The molecule has 1 heterocycles. The summed E-state index contributed by atoms with van der Waals surface area (Å²) in [5.41, 5.74) is 3.10. The van der Waals surface area contributed by atoms with Crippen LogP contribution in [0.2, 0.25) is 5.02 Å². The normalized spacial score (nSPS) is 16.8. The van der Waals surface area contributed by atoms with Crippen molar-refractivity contribution >= 4 is 17.3 Å². The Morgan fingerprint density at radius 2 is 2.12 bits per heavy atom. The van der Waals surface area contributed by atoms with Crippen LogP contribution in [0.15, 0.2) is 24.8 Å². The van der Waals surface area contributed by atoms with Crippen molar-refractivity contribution in [3.8, 4) is 0 Å². The van der Waals surface area contributed by atoms with Crippen LogP contribution in [0.25, 0.3) is 5.70 Å². The summed E-state index contributed by atoms with van der Waals surface area (Å²) in [6, 6.07) is 6.37. The quantitative estimate of drug-likeness (QED) is 0.889. The average Bonchev–Trinajstić information content (AvgIpc) is 2.30. The summed E-state index contributed by atoms with van der Waals surface area (Å²) in [5, 5.41) is 4.22. The van der Waals surface area contributed by atoms with Crippen molar-refractivity contribution in [1.29, 1.82) is 0 Å². The van der Waals surface area contributed by atoms with E-state index in [1.54, 1.807) is 0 Å². The van der Waals surface area contributed by atoms with Gasteiger partial charge in [0.1, 0.15) is 0 Å². The Morgan fingerprint density at radius 1 is 1.41 bits per heavy atom. The lowest BCUT2D eigenvalue weighted by molar-refractivity contribution is 0.0819. The molecule has 0 amide bonds. The lowest BCUT2D eigenvalue weighted by Gasteiger charge is -2.26. The first kappa shape index (κ1) is 12.5. The van der Waals surface area contributed by atoms with Gasteiger partial charge in [-0.1, -0.05) is 30.3 Å². The highest BCUT2D eigenvalue weighted by Gasteiger charge is 2.16. The molecule has 0 aromatic heterocycles. The second-order valence-electron chi connectivity index (χ2n) is 4.44. The Morgan fingerprint density at radius 3 is 2.76 bits per heavy atom. The Kier molecular flexibility index (Phi) is 4.08. The minimum atomic E-state index is 0.451. The summed E-state index contributed by atoms with van der Waals surface area (Å²) >= 11 is 6.22. The van der Waals surface area contributed by atoms with Gasteiger partial charge in [0.25, 0.3) is 0 Å². The molecule has 1 saturated heterocycles. The Hall–Kier alpha value is -0.990. The maximum absolute atomic E-state index is 6.22. The Labute approximate surface area is 108 Å².